The number of aromatic nitrogens is 1. The number of nitrogens with zero attached hydrogens (tertiary/aromatic N) is 1. The average Bonchev–Trinajstić information content (AvgIpc) is 2.75. The Balaban J connectivity index is 1.95. The highest BCUT2D eigenvalue weighted by atomic mass is 79.9. The van der Waals surface area contributed by atoms with Gasteiger partial charge in [0.05, 0.1) is 17.9 Å². The Bertz CT molecular complexity index is 640. The summed E-state index contributed by atoms with van der Waals surface area (Å²) >= 11 is 3.34. The lowest BCUT2D eigenvalue weighted by molar-refractivity contribution is 0.465. The lowest BCUT2D eigenvalue weighted by atomic mass is 9.97. The van der Waals surface area contributed by atoms with Crippen LogP contribution in [0.3, 0.4) is 0 Å². The van der Waals surface area contributed by atoms with E-state index in [1.54, 1.807) is 12.3 Å². The molecule has 0 saturated carbocycles. The van der Waals surface area contributed by atoms with Crippen molar-refractivity contribution in [3.05, 3.63) is 51.8 Å². The number of benzene rings is 1. The van der Waals surface area contributed by atoms with E-state index in [2.05, 4.69) is 40.1 Å². The number of aromatic hydroxyl groups is 1. The monoisotopic (exact) mass is 332 g/mol. The quantitative estimate of drug-likeness (QED) is 0.795. The van der Waals surface area contributed by atoms with E-state index < -0.39 is 0 Å². The molecule has 104 valence electrons. The summed E-state index contributed by atoms with van der Waals surface area (Å²) in [7, 11) is 0. The van der Waals surface area contributed by atoms with Crippen LogP contribution in [0.1, 0.15) is 42.0 Å². The molecule has 1 aliphatic rings. The van der Waals surface area contributed by atoms with Gasteiger partial charge in [0.2, 0.25) is 0 Å². The van der Waals surface area contributed by atoms with Crippen LogP contribution < -0.4 is 5.32 Å². The lowest BCUT2D eigenvalue weighted by Gasteiger charge is -2.17. The normalized spacial score (nSPS) is 20.8. The summed E-state index contributed by atoms with van der Waals surface area (Å²) in [6, 6.07) is 7.84. The summed E-state index contributed by atoms with van der Waals surface area (Å²) in [6.07, 6.45) is 2.80. The molecule has 0 saturated heterocycles. The number of nitrogens with one attached hydrogen (secondary N) is 1. The molecule has 2 N–H and O–H groups in total. The molecule has 0 bridgehead atoms. The van der Waals surface area contributed by atoms with Crippen LogP contribution in [-0.4, -0.2) is 10.1 Å². The molecular weight excluding hydrogens is 316 g/mol. The Morgan fingerprint density at radius 3 is 2.75 bits per heavy atom. The number of halogens is 1. The van der Waals surface area contributed by atoms with Crippen molar-refractivity contribution in [1.82, 2.24) is 4.98 Å². The third-order valence-corrected chi connectivity index (χ3v) is 4.45. The molecule has 0 radical (unpaired) electrons. The third kappa shape index (κ3) is 2.29. The van der Waals surface area contributed by atoms with Crippen LogP contribution in [0.2, 0.25) is 0 Å². The highest BCUT2D eigenvalue weighted by Gasteiger charge is 2.32. The van der Waals surface area contributed by atoms with E-state index in [1.807, 2.05) is 18.2 Å². The second-order valence-corrected chi connectivity index (χ2v) is 6.24. The zero-order valence-corrected chi connectivity index (χ0v) is 13.1. The standard InChI is InChI=1S/C16H17BrN2O/c1-9-3-5-13(20)16-12(7-10(2)15(9)16)19-11-4-6-14(17)18-8-11/h3-6,8,10,12,19-20H,7H2,1-2H3. The average molecular weight is 333 g/mol. The second-order valence-electron chi connectivity index (χ2n) is 5.43. The van der Waals surface area contributed by atoms with E-state index in [0.717, 1.165) is 22.3 Å². The Labute approximate surface area is 127 Å². The molecular formula is C16H17BrN2O. The van der Waals surface area contributed by atoms with Crippen molar-refractivity contribution in [2.45, 2.75) is 32.2 Å². The molecule has 2 unspecified atom stereocenters. The van der Waals surface area contributed by atoms with E-state index in [0.29, 0.717) is 11.7 Å². The van der Waals surface area contributed by atoms with Gasteiger partial charge in [-0.15, -0.1) is 0 Å². The molecule has 3 nitrogen and oxygen atoms in total. The smallest absolute Gasteiger partial charge is 0.121 e. The van der Waals surface area contributed by atoms with Crippen LogP contribution in [-0.2, 0) is 0 Å². The van der Waals surface area contributed by atoms with Crippen LogP contribution in [0, 0.1) is 6.92 Å². The minimum Gasteiger partial charge on any atom is -0.508 e. The summed E-state index contributed by atoms with van der Waals surface area (Å²) in [5, 5.41) is 13.7. The molecule has 3 rings (SSSR count). The fourth-order valence-corrected chi connectivity index (χ4v) is 3.37. The number of fused-ring (bicyclic) bond motifs is 1. The third-order valence-electron chi connectivity index (χ3n) is 3.98. The first-order valence-electron chi connectivity index (χ1n) is 6.76. The molecule has 2 aromatic rings. The number of phenols is 1. The minimum atomic E-state index is 0.142. The Kier molecular flexibility index (Phi) is 3.42. The fraction of sp³-hybridized carbons (Fsp3) is 0.312. The van der Waals surface area contributed by atoms with Crippen molar-refractivity contribution in [3.63, 3.8) is 0 Å². The first kappa shape index (κ1) is 13.4. The van der Waals surface area contributed by atoms with Gasteiger partial charge < -0.3 is 10.4 Å². The van der Waals surface area contributed by atoms with Crippen LogP contribution in [0.15, 0.2) is 35.1 Å². The zero-order valence-electron chi connectivity index (χ0n) is 11.5. The largest absolute Gasteiger partial charge is 0.508 e. The maximum absolute atomic E-state index is 10.2. The molecule has 1 aliphatic carbocycles. The molecule has 1 aromatic heterocycles. The molecule has 1 heterocycles. The van der Waals surface area contributed by atoms with E-state index in [9.17, 15) is 5.11 Å². The summed E-state index contributed by atoms with van der Waals surface area (Å²) in [5.41, 5.74) is 4.55. The van der Waals surface area contributed by atoms with Gasteiger partial charge in [0.25, 0.3) is 0 Å². The van der Waals surface area contributed by atoms with Gasteiger partial charge in [0, 0.05) is 5.56 Å². The van der Waals surface area contributed by atoms with Gasteiger partial charge in [-0.1, -0.05) is 13.0 Å². The maximum Gasteiger partial charge on any atom is 0.121 e. The number of rotatable bonds is 2. The minimum absolute atomic E-state index is 0.142. The number of hydrogen-bond acceptors (Lipinski definition) is 3. The maximum atomic E-state index is 10.2. The van der Waals surface area contributed by atoms with Crippen molar-refractivity contribution < 1.29 is 5.11 Å². The number of phenolic OH excluding ortho intramolecular Hbond substituents is 1. The van der Waals surface area contributed by atoms with Gasteiger partial charge in [0.15, 0.2) is 0 Å². The molecule has 2 atom stereocenters. The van der Waals surface area contributed by atoms with Crippen LogP contribution in [0.5, 0.6) is 5.75 Å². The Hall–Kier alpha value is -1.55. The molecule has 0 fully saturated rings. The Morgan fingerprint density at radius 2 is 2.05 bits per heavy atom. The number of aryl methyl sites for hydroxylation is 1. The van der Waals surface area contributed by atoms with Gasteiger partial charge in [-0.25, -0.2) is 4.98 Å². The highest BCUT2D eigenvalue weighted by Crippen LogP contribution is 2.47. The van der Waals surface area contributed by atoms with Gasteiger partial charge in [0.1, 0.15) is 10.4 Å². The predicted molar refractivity (Wildman–Crippen MR) is 84.2 cm³/mol. The molecule has 0 amide bonds. The molecule has 0 spiro atoms. The van der Waals surface area contributed by atoms with Crippen LogP contribution >= 0.6 is 15.9 Å². The lowest BCUT2D eigenvalue weighted by Crippen LogP contribution is -2.07. The molecule has 0 aliphatic heterocycles. The molecule has 4 heteroatoms. The van der Waals surface area contributed by atoms with Gasteiger partial charge in [-0.3, -0.25) is 0 Å². The number of hydrogen-bond donors (Lipinski definition) is 2. The van der Waals surface area contributed by atoms with Crippen molar-refractivity contribution in [2.24, 2.45) is 0 Å². The van der Waals surface area contributed by atoms with E-state index >= 15 is 0 Å². The zero-order chi connectivity index (χ0) is 14.3. The Morgan fingerprint density at radius 1 is 1.25 bits per heavy atom. The van der Waals surface area contributed by atoms with Crippen molar-refractivity contribution in [1.29, 1.82) is 0 Å². The summed E-state index contributed by atoms with van der Waals surface area (Å²) < 4.78 is 0.821. The van der Waals surface area contributed by atoms with E-state index in [-0.39, 0.29) is 6.04 Å². The molecule has 1 aromatic carbocycles. The molecule has 20 heavy (non-hydrogen) atoms. The first-order valence-corrected chi connectivity index (χ1v) is 7.56. The van der Waals surface area contributed by atoms with Crippen LogP contribution in [0.25, 0.3) is 0 Å². The predicted octanol–water partition coefficient (Wildman–Crippen LogP) is 4.52. The van der Waals surface area contributed by atoms with Gasteiger partial charge in [-0.2, -0.15) is 0 Å². The van der Waals surface area contributed by atoms with E-state index in [1.165, 1.54) is 11.1 Å². The topological polar surface area (TPSA) is 45.1 Å². The van der Waals surface area contributed by atoms with Crippen molar-refractivity contribution >= 4 is 21.6 Å². The number of anilines is 1. The second kappa shape index (κ2) is 5.09. The van der Waals surface area contributed by atoms with Gasteiger partial charge >= 0.3 is 0 Å². The summed E-state index contributed by atoms with van der Waals surface area (Å²) in [6.45, 7) is 4.32. The van der Waals surface area contributed by atoms with E-state index in [4.69, 9.17) is 0 Å². The fourth-order valence-electron chi connectivity index (χ4n) is 3.14. The summed E-state index contributed by atoms with van der Waals surface area (Å²) in [5.74, 6) is 0.843. The highest BCUT2D eigenvalue weighted by molar-refractivity contribution is 9.10. The van der Waals surface area contributed by atoms with Crippen molar-refractivity contribution in [2.75, 3.05) is 5.32 Å². The van der Waals surface area contributed by atoms with Gasteiger partial charge in [-0.05, 0) is 64.5 Å². The van der Waals surface area contributed by atoms with Crippen molar-refractivity contribution in [3.8, 4) is 5.75 Å². The SMILES string of the molecule is Cc1ccc(O)c2c1C(C)CC2Nc1ccc(Br)nc1. The summed E-state index contributed by atoms with van der Waals surface area (Å²) in [4.78, 5) is 4.23. The first-order chi connectivity index (χ1) is 9.56. The van der Waals surface area contributed by atoms with Crippen LogP contribution in [0.4, 0.5) is 5.69 Å². The number of pyridine rings is 1.